The van der Waals surface area contributed by atoms with Crippen LogP contribution in [0, 0.1) is 5.92 Å². The number of nitrogens with two attached hydrogens (primary N) is 1. The molecule has 6 nitrogen and oxygen atoms in total. The van der Waals surface area contributed by atoms with Gasteiger partial charge < -0.3 is 15.2 Å². The molecule has 1 heterocycles. The Hall–Kier alpha value is -1.31. The smallest absolute Gasteiger partial charge is 0.240 e. The van der Waals surface area contributed by atoms with Gasteiger partial charge in [0.05, 0.1) is 4.90 Å². The van der Waals surface area contributed by atoms with E-state index in [0.717, 1.165) is 19.3 Å². The maximum atomic E-state index is 12.4. The van der Waals surface area contributed by atoms with Crippen molar-refractivity contribution in [2.75, 3.05) is 13.3 Å². The molecule has 0 saturated heterocycles. The SMILES string of the molecule is NC[C@H]1CCC[C@@H]1NS(=O)(=O)c1ccc2c(c1)OCO2. The second-order valence-electron chi connectivity index (χ2n) is 5.17. The van der Waals surface area contributed by atoms with Crippen molar-refractivity contribution in [2.24, 2.45) is 11.7 Å². The van der Waals surface area contributed by atoms with Crippen LogP contribution in [-0.2, 0) is 10.0 Å². The van der Waals surface area contributed by atoms with Gasteiger partial charge >= 0.3 is 0 Å². The molecular formula is C13H18N2O4S. The molecule has 1 aromatic rings. The van der Waals surface area contributed by atoms with E-state index in [-0.39, 0.29) is 23.6 Å². The van der Waals surface area contributed by atoms with Crippen LogP contribution in [0.5, 0.6) is 11.5 Å². The molecule has 0 amide bonds. The summed E-state index contributed by atoms with van der Waals surface area (Å²) in [6.07, 6.45) is 2.83. The van der Waals surface area contributed by atoms with E-state index in [1.165, 1.54) is 12.1 Å². The number of hydrogen-bond acceptors (Lipinski definition) is 5. The van der Waals surface area contributed by atoms with Gasteiger partial charge in [-0.25, -0.2) is 13.1 Å². The fourth-order valence-electron chi connectivity index (χ4n) is 2.79. The van der Waals surface area contributed by atoms with Gasteiger partial charge in [0.2, 0.25) is 16.8 Å². The van der Waals surface area contributed by atoms with Crippen LogP contribution in [0.25, 0.3) is 0 Å². The molecule has 0 aromatic heterocycles. The molecule has 1 saturated carbocycles. The van der Waals surface area contributed by atoms with Crippen LogP contribution in [0.1, 0.15) is 19.3 Å². The van der Waals surface area contributed by atoms with E-state index >= 15 is 0 Å². The van der Waals surface area contributed by atoms with E-state index in [1.54, 1.807) is 6.07 Å². The molecular weight excluding hydrogens is 280 g/mol. The Morgan fingerprint density at radius 3 is 2.85 bits per heavy atom. The molecule has 1 aliphatic carbocycles. The first-order valence-corrected chi connectivity index (χ1v) is 8.20. The summed E-state index contributed by atoms with van der Waals surface area (Å²) in [5.41, 5.74) is 5.68. The number of hydrogen-bond donors (Lipinski definition) is 2. The van der Waals surface area contributed by atoms with E-state index in [4.69, 9.17) is 15.2 Å². The topological polar surface area (TPSA) is 90.7 Å². The summed E-state index contributed by atoms with van der Waals surface area (Å²) >= 11 is 0. The van der Waals surface area contributed by atoms with E-state index in [9.17, 15) is 8.42 Å². The Bertz CT molecular complexity index is 602. The number of sulfonamides is 1. The summed E-state index contributed by atoms with van der Waals surface area (Å²) < 4.78 is 38.0. The van der Waals surface area contributed by atoms with Crippen LogP contribution >= 0.6 is 0 Å². The molecule has 0 radical (unpaired) electrons. The van der Waals surface area contributed by atoms with Gasteiger partial charge in [-0.05, 0) is 37.4 Å². The first kappa shape index (κ1) is 13.7. The van der Waals surface area contributed by atoms with Crippen molar-refractivity contribution in [1.29, 1.82) is 0 Å². The Morgan fingerprint density at radius 2 is 2.05 bits per heavy atom. The van der Waals surface area contributed by atoms with Crippen LogP contribution in [0.4, 0.5) is 0 Å². The average molecular weight is 298 g/mol. The van der Waals surface area contributed by atoms with Crippen LogP contribution in [0.3, 0.4) is 0 Å². The minimum Gasteiger partial charge on any atom is -0.454 e. The lowest BCUT2D eigenvalue weighted by atomic mass is 10.1. The van der Waals surface area contributed by atoms with Gasteiger partial charge in [-0.1, -0.05) is 6.42 Å². The molecule has 20 heavy (non-hydrogen) atoms. The molecule has 1 aliphatic heterocycles. The number of fused-ring (bicyclic) bond motifs is 1. The lowest BCUT2D eigenvalue weighted by Crippen LogP contribution is -2.39. The summed E-state index contributed by atoms with van der Waals surface area (Å²) in [7, 11) is -3.55. The second-order valence-corrected chi connectivity index (χ2v) is 6.88. The summed E-state index contributed by atoms with van der Waals surface area (Å²) in [4.78, 5) is 0.199. The molecule has 3 N–H and O–H groups in total. The number of benzene rings is 1. The molecule has 0 spiro atoms. The third kappa shape index (κ3) is 2.48. The normalized spacial score (nSPS) is 25.1. The Labute approximate surface area is 118 Å². The summed E-state index contributed by atoms with van der Waals surface area (Å²) in [6, 6.07) is 4.57. The minimum atomic E-state index is -3.55. The van der Waals surface area contributed by atoms with Crippen molar-refractivity contribution in [3.8, 4) is 11.5 Å². The van der Waals surface area contributed by atoms with Crippen molar-refractivity contribution in [2.45, 2.75) is 30.2 Å². The van der Waals surface area contributed by atoms with Crippen molar-refractivity contribution in [1.82, 2.24) is 4.72 Å². The Morgan fingerprint density at radius 1 is 1.25 bits per heavy atom. The summed E-state index contributed by atoms with van der Waals surface area (Å²) in [5.74, 6) is 1.26. The molecule has 0 bridgehead atoms. The van der Waals surface area contributed by atoms with Gasteiger partial charge in [-0.15, -0.1) is 0 Å². The predicted molar refractivity (Wildman–Crippen MR) is 73.1 cm³/mol. The Balaban J connectivity index is 1.81. The molecule has 2 atom stereocenters. The molecule has 1 fully saturated rings. The lowest BCUT2D eigenvalue weighted by Gasteiger charge is -2.19. The zero-order chi connectivity index (χ0) is 14.2. The molecule has 0 unspecified atom stereocenters. The van der Waals surface area contributed by atoms with Crippen molar-refractivity contribution < 1.29 is 17.9 Å². The van der Waals surface area contributed by atoms with Crippen LogP contribution < -0.4 is 19.9 Å². The minimum absolute atomic E-state index is 0.0737. The second kappa shape index (κ2) is 5.23. The zero-order valence-corrected chi connectivity index (χ0v) is 11.9. The molecule has 1 aromatic carbocycles. The summed E-state index contributed by atoms with van der Waals surface area (Å²) in [6.45, 7) is 0.637. The molecule has 110 valence electrons. The van der Waals surface area contributed by atoms with Crippen LogP contribution in [0.2, 0.25) is 0 Å². The van der Waals surface area contributed by atoms with Gasteiger partial charge in [-0.2, -0.15) is 0 Å². The van der Waals surface area contributed by atoms with E-state index in [1.807, 2.05) is 0 Å². The highest BCUT2D eigenvalue weighted by Gasteiger charge is 2.31. The highest BCUT2D eigenvalue weighted by Crippen LogP contribution is 2.34. The average Bonchev–Trinajstić information content (AvgIpc) is 3.05. The van der Waals surface area contributed by atoms with E-state index in [2.05, 4.69) is 4.72 Å². The highest BCUT2D eigenvalue weighted by molar-refractivity contribution is 7.89. The van der Waals surface area contributed by atoms with E-state index < -0.39 is 10.0 Å². The fraction of sp³-hybridized carbons (Fsp3) is 0.538. The highest BCUT2D eigenvalue weighted by atomic mass is 32.2. The largest absolute Gasteiger partial charge is 0.454 e. The number of nitrogens with one attached hydrogen (secondary N) is 1. The van der Waals surface area contributed by atoms with Gasteiger partial charge in [0.25, 0.3) is 0 Å². The molecule has 2 aliphatic rings. The first-order chi connectivity index (χ1) is 9.60. The quantitative estimate of drug-likeness (QED) is 0.859. The Kier molecular flexibility index (Phi) is 3.57. The zero-order valence-electron chi connectivity index (χ0n) is 11.0. The van der Waals surface area contributed by atoms with Gasteiger partial charge in [-0.3, -0.25) is 0 Å². The predicted octanol–water partition coefficient (Wildman–Crippen LogP) is 0.821. The molecule has 3 rings (SSSR count). The number of ether oxygens (including phenoxy) is 2. The first-order valence-electron chi connectivity index (χ1n) is 6.72. The maximum Gasteiger partial charge on any atom is 0.240 e. The standard InChI is InChI=1S/C13H18N2O4S/c14-7-9-2-1-3-11(9)15-20(16,17)10-4-5-12-13(6-10)19-8-18-12/h4-6,9,11,15H,1-3,7-8,14H2/t9-,11+/m1/s1. The maximum absolute atomic E-state index is 12.4. The van der Waals surface area contributed by atoms with Crippen molar-refractivity contribution >= 4 is 10.0 Å². The van der Waals surface area contributed by atoms with Gasteiger partial charge in [0.1, 0.15) is 0 Å². The van der Waals surface area contributed by atoms with Crippen LogP contribution in [0.15, 0.2) is 23.1 Å². The third-order valence-electron chi connectivity index (χ3n) is 3.92. The van der Waals surface area contributed by atoms with Gasteiger partial charge in [0.15, 0.2) is 11.5 Å². The summed E-state index contributed by atoms with van der Waals surface area (Å²) in [5, 5.41) is 0. The van der Waals surface area contributed by atoms with Gasteiger partial charge in [0, 0.05) is 12.1 Å². The van der Waals surface area contributed by atoms with Crippen molar-refractivity contribution in [3.63, 3.8) is 0 Å². The third-order valence-corrected chi connectivity index (χ3v) is 5.41. The molecule has 7 heteroatoms. The van der Waals surface area contributed by atoms with E-state index in [0.29, 0.717) is 18.0 Å². The van der Waals surface area contributed by atoms with Crippen molar-refractivity contribution in [3.05, 3.63) is 18.2 Å². The fourth-order valence-corrected chi connectivity index (χ4v) is 4.14. The number of rotatable bonds is 4. The lowest BCUT2D eigenvalue weighted by molar-refractivity contribution is 0.174. The van der Waals surface area contributed by atoms with Crippen LogP contribution in [-0.4, -0.2) is 27.8 Å². The monoisotopic (exact) mass is 298 g/mol.